The highest BCUT2D eigenvalue weighted by Gasteiger charge is 2.12. The Hall–Kier alpha value is -1.23. The third-order valence-electron chi connectivity index (χ3n) is 3.15. The summed E-state index contributed by atoms with van der Waals surface area (Å²) in [6, 6.07) is 15.3. The quantitative estimate of drug-likeness (QED) is 0.648. The molecule has 0 aliphatic heterocycles. The van der Waals surface area contributed by atoms with E-state index in [1.807, 2.05) is 54.8 Å². The molecule has 0 unspecified atom stereocenters. The number of carbonyl (C=O) groups excluding carboxylic acids is 1. The van der Waals surface area contributed by atoms with Crippen molar-refractivity contribution in [2.75, 3.05) is 11.6 Å². The van der Waals surface area contributed by atoms with Crippen LogP contribution in [0.4, 0.5) is 5.69 Å². The molecule has 0 aliphatic rings. The zero-order chi connectivity index (χ0) is 16.1. The normalized spacial score (nSPS) is 11.8. The predicted molar refractivity (Wildman–Crippen MR) is 101 cm³/mol. The first-order valence-electron chi connectivity index (χ1n) is 6.59. The fraction of sp³-hybridized carbons (Fsp3) is 0.118. The molecule has 0 fully saturated rings. The summed E-state index contributed by atoms with van der Waals surface area (Å²) in [7, 11) is 0. The summed E-state index contributed by atoms with van der Waals surface area (Å²) in [6.07, 6.45) is 1.92. The van der Waals surface area contributed by atoms with E-state index in [0.717, 1.165) is 20.6 Å². The first kappa shape index (κ1) is 17.1. The number of carbonyl (C=O) groups is 1. The van der Waals surface area contributed by atoms with Crippen LogP contribution in [-0.4, -0.2) is 12.2 Å². The molecule has 2 aromatic carbocycles. The van der Waals surface area contributed by atoms with Crippen LogP contribution in [0.5, 0.6) is 0 Å². The number of benzene rings is 2. The Morgan fingerprint density at radius 3 is 2.41 bits per heavy atom. The van der Waals surface area contributed by atoms with Crippen molar-refractivity contribution < 1.29 is 4.79 Å². The Labute approximate surface area is 148 Å². The van der Waals surface area contributed by atoms with Crippen molar-refractivity contribution in [1.29, 1.82) is 0 Å². The number of hydrogen-bond acceptors (Lipinski definition) is 2. The molecule has 0 aliphatic carbocycles. The van der Waals surface area contributed by atoms with E-state index in [-0.39, 0.29) is 5.91 Å². The van der Waals surface area contributed by atoms with Gasteiger partial charge in [-0.05, 0) is 52.9 Å². The van der Waals surface area contributed by atoms with Crippen LogP contribution in [-0.2, 0) is 4.79 Å². The van der Waals surface area contributed by atoms with Crippen LogP contribution in [0.3, 0.4) is 0 Å². The van der Waals surface area contributed by atoms with E-state index in [0.29, 0.717) is 10.6 Å². The molecule has 0 aromatic heterocycles. The lowest BCUT2D eigenvalue weighted by Crippen LogP contribution is -2.13. The number of para-hydroxylation sites is 1. The molecule has 114 valence electrons. The average molecular weight is 397 g/mol. The van der Waals surface area contributed by atoms with E-state index in [2.05, 4.69) is 21.2 Å². The third-order valence-corrected chi connectivity index (χ3v) is 5.63. The van der Waals surface area contributed by atoms with E-state index >= 15 is 0 Å². The van der Waals surface area contributed by atoms with Gasteiger partial charge in [0.1, 0.15) is 0 Å². The van der Waals surface area contributed by atoms with Crippen LogP contribution in [0.25, 0.3) is 11.1 Å². The molecular formula is C17H15BrClNOS. The molecule has 0 atom stereocenters. The molecule has 0 saturated carbocycles. The van der Waals surface area contributed by atoms with E-state index in [1.165, 1.54) is 11.8 Å². The first-order valence-corrected chi connectivity index (χ1v) is 8.99. The summed E-state index contributed by atoms with van der Waals surface area (Å²) >= 11 is 10.8. The monoisotopic (exact) mass is 395 g/mol. The van der Waals surface area contributed by atoms with Gasteiger partial charge in [-0.15, -0.1) is 11.8 Å². The second kappa shape index (κ2) is 7.86. The van der Waals surface area contributed by atoms with Crippen molar-refractivity contribution in [3.63, 3.8) is 0 Å². The molecular weight excluding hydrogens is 382 g/mol. The van der Waals surface area contributed by atoms with Crippen LogP contribution in [0.2, 0.25) is 5.02 Å². The van der Waals surface area contributed by atoms with Crippen molar-refractivity contribution in [2.45, 2.75) is 6.92 Å². The Bertz CT molecular complexity index is 713. The molecule has 5 heteroatoms. The Morgan fingerprint density at radius 1 is 1.14 bits per heavy atom. The van der Waals surface area contributed by atoms with Gasteiger partial charge in [-0.3, -0.25) is 4.79 Å². The van der Waals surface area contributed by atoms with Crippen LogP contribution >= 0.6 is 39.3 Å². The van der Waals surface area contributed by atoms with Gasteiger partial charge in [-0.2, -0.15) is 0 Å². The second-order valence-electron chi connectivity index (χ2n) is 4.61. The molecule has 0 radical (unpaired) electrons. The Morgan fingerprint density at radius 2 is 1.77 bits per heavy atom. The zero-order valence-corrected chi connectivity index (χ0v) is 15.3. The van der Waals surface area contributed by atoms with Gasteiger partial charge in [-0.1, -0.05) is 41.9 Å². The molecule has 0 bridgehead atoms. The minimum absolute atomic E-state index is 0.123. The number of amides is 1. The molecule has 0 saturated heterocycles. The van der Waals surface area contributed by atoms with Crippen LogP contribution in [0.1, 0.15) is 6.92 Å². The largest absolute Gasteiger partial charge is 0.322 e. The van der Waals surface area contributed by atoms with E-state index in [4.69, 9.17) is 11.6 Å². The Balaban J connectivity index is 2.33. The number of hydrogen-bond donors (Lipinski definition) is 1. The minimum Gasteiger partial charge on any atom is -0.322 e. The van der Waals surface area contributed by atoms with Crippen molar-refractivity contribution in [3.8, 4) is 11.1 Å². The summed E-state index contributed by atoms with van der Waals surface area (Å²) in [5, 5.41) is 3.65. The SMILES string of the molecule is CS/C(Br)=C(\C)C(=O)Nc1ccccc1-c1ccc(Cl)cc1. The number of halogens is 2. The molecule has 0 heterocycles. The number of anilines is 1. The van der Waals surface area contributed by atoms with Gasteiger partial charge < -0.3 is 5.32 Å². The smallest absolute Gasteiger partial charge is 0.252 e. The molecule has 1 N–H and O–H groups in total. The van der Waals surface area contributed by atoms with E-state index in [9.17, 15) is 4.79 Å². The summed E-state index contributed by atoms with van der Waals surface area (Å²) in [5.74, 6) is -0.123. The van der Waals surface area contributed by atoms with Crippen LogP contribution < -0.4 is 5.32 Å². The highest BCUT2D eigenvalue weighted by molar-refractivity contribution is 9.14. The molecule has 22 heavy (non-hydrogen) atoms. The van der Waals surface area contributed by atoms with E-state index < -0.39 is 0 Å². The van der Waals surface area contributed by atoms with Gasteiger partial charge >= 0.3 is 0 Å². The van der Waals surface area contributed by atoms with Gasteiger partial charge in [-0.25, -0.2) is 0 Å². The van der Waals surface area contributed by atoms with Gasteiger partial charge in [0.2, 0.25) is 0 Å². The van der Waals surface area contributed by atoms with Crippen LogP contribution in [0, 0.1) is 0 Å². The van der Waals surface area contributed by atoms with Crippen molar-refractivity contribution in [2.24, 2.45) is 0 Å². The molecule has 2 nitrogen and oxygen atoms in total. The zero-order valence-electron chi connectivity index (χ0n) is 12.2. The standard InChI is InChI=1S/C17H15BrClNOS/c1-11(16(18)22-2)17(21)20-15-6-4-3-5-14(15)12-7-9-13(19)10-8-12/h3-10H,1-2H3,(H,20,21)/b16-11+. The van der Waals surface area contributed by atoms with E-state index in [1.54, 1.807) is 6.92 Å². The fourth-order valence-corrected chi connectivity index (χ4v) is 2.64. The van der Waals surface area contributed by atoms with Crippen molar-refractivity contribution in [3.05, 3.63) is 62.9 Å². The minimum atomic E-state index is -0.123. The third kappa shape index (κ3) is 4.15. The van der Waals surface area contributed by atoms with Crippen LogP contribution in [0.15, 0.2) is 57.9 Å². The summed E-state index contributed by atoms with van der Waals surface area (Å²) in [5.41, 5.74) is 3.39. The maximum atomic E-state index is 12.3. The predicted octanol–water partition coefficient (Wildman–Crippen LogP) is 5.93. The fourth-order valence-electron chi connectivity index (χ4n) is 1.93. The van der Waals surface area contributed by atoms with Gasteiger partial charge in [0.25, 0.3) is 5.91 Å². The summed E-state index contributed by atoms with van der Waals surface area (Å²) < 4.78 is 0.828. The first-order chi connectivity index (χ1) is 10.5. The van der Waals surface area contributed by atoms with Gasteiger partial charge in [0.05, 0.1) is 3.81 Å². The second-order valence-corrected chi connectivity index (χ2v) is 7.18. The molecule has 2 rings (SSSR count). The van der Waals surface area contributed by atoms with Gasteiger partial charge in [0.15, 0.2) is 0 Å². The highest BCUT2D eigenvalue weighted by Crippen LogP contribution is 2.30. The lowest BCUT2D eigenvalue weighted by Gasteiger charge is -2.12. The molecule has 0 spiro atoms. The van der Waals surface area contributed by atoms with Gasteiger partial charge in [0, 0.05) is 21.8 Å². The lowest BCUT2D eigenvalue weighted by atomic mass is 10.0. The maximum absolute atomic E-state index is 12.3. The van der Waals surface area contributed by atoms with Crippen molar-refractivity contribution in [1.82, 2.24) is 0 Å². The number of thioether (sulfide) groups is 1. The Kier molecular flexibility index (Phi) is 6.12. The molecule has 1 amide bonds. The topological polar surface area (TPSA) is 29.1 Å². The highest BCUT2D eigenvalue weighted by atomic mass is 79.9. The average Bonchev–Trinajstić information content (AvgIpc) is 2.54. The number of nitrogens with one attached hydrogen (secondary N) is 1. The molecule has 2 aromatic rings. The maximum Gasteiger partial charge on any atom is 0.252 e. The van der Waals surface area contributed by atoms with Crippen molar-refractivity contribution >= 4 is 50.9 Å². The lowest BCUT2D eigenvalue weighted by molar-refractivity contribution is -0.112. The summed E-state index contributed by atoms with van der Waals surface area (Å²) in [6.45, 7) is 1.79. The number of rotatable bonds is 4. The summed E-state index contributed by atoms with van der Waals surface area (Å²) in [4.78, 5) is 12.3.